The molecule has 0 bridgehead atoms. The molecule has 0 aromatic carbocycles. The molecule has 1 aliphatic rings. The highest BCUT2D eigenvalue weighted by molar-refractivity contribution is 7.92. The predicted molar refractivity (Wildman–Crippen MR) is 67.2 cm³/mol. The van der Waals surface area contributed by atoms with E-state index in [1.165, 1.54) is 4.31 Å². The molecule has 1 aliphatic heterocycles. The normalized spacial score (nSPS) is 21.5. The minimum atomic E-state index is -3.29. The minimum Gasteiger partial charge on any atom is -0.317 e. The lowest BCUT2D eigenvalue weighted by molar-refractivity contribution is 0.429. The van der Waals surface area contributed by atoms with Crippen LogP contribution in [0.3, 0.4) is 0 Å². The van der Waals surface area contributed by atoms with Crippen molar-refractivity contribution >= 4 is 19.9 Å². The van der Waals surface area contributed by atoms with E-state index in [9.17, 15) is 16.8 Å². The zero-order valence-electron chi connectivity index (χ0n) is 10.1. The molecule has 0 amide bonds. The van der Waals surface area contributed by atoms with Crippen LogP contribution in [-0.2, 0) is 19.9 Å². The van der Waals surface area contributed by atoms with Gasteiger partial charge in [0.1, 0.15) is 0 Å². The molecule has 0 unspecified atom stereocenters. The zero-order chi connectivity index (χ0) is 12.9. The van der Waals surface area contributed by atoms with Crippen molar-refractivity contribution in [1.29, 1.82) is 0 Å². The van der Waals surface area contributed by atoms with Crippen molar-refractivity contribution in [1.82, 2.24) is 9.62 Å². The maximum absolute atomic E-state index is 11.9. The average Bonchev–Trinajstić information content (AvgIpc) is 2.24. The first-order valence-corrected chi connectivity index (χ1v) is 9.19. The molecule has 0 atom stereocenters. The maximum atomic E-state index is 11.9. The van der Waals surface area contributed by atoms with Crippen molar-refractivity contribution in [3.05, 3.63) is 0 Å². The molecule has 0 aliphatic carbocycles. The molecule has 1 N–H and O–H groups in total. The number of nitrogens with zero attached hydrogens (tertiary/aromatic N) is 1. The van der Waals surface area contributed by atoms with E-state index >= 15 is 0 Å². The zero-order valence-corrected chi connectivity index (χ0v) is 11.7. The van der Waals surface area contributed by atoms with Crippen LogP contribution in [0.2, 0.25) is 0 Å². The Labute approximate surface area is 103 Å². The van der Waals surface area contributed by atoms with E-state index in [4.69, 9.17) is 0 Å². The Morgan fingerprint density at radius 3 is 2.35 bits per heavy atom. The van der Waals surface area contributed by atoms with Crippen molar-refractivity contribution in [3.63, 3.8) is 0 Å². The molecule has 6 nitrogen and oxygen atoms in total. The molecule has 1 fully saturated rings. The minimum absolute atomic E-state index is 0.0561. The van der Waals surface area contributed by atoms with E-state index in [2.05, 4.69) is 5.32 Å². The molecule has 17 heavy (non-hydrogen) atoms. The van der Waals surface area contributed by atoms with E-state index in [1.54, 1.807) is 0 Å². The molecule has 102 valence electrons. The van der Waals surface area contributed by atoms with Gasteiger partial charge in [0.2, 0.25) is 10.0 Å². The highest BCUT2D eigenvalue weighted by Gasteiger charge is 2.29. The van der Waals surface area contributed by atoms with Crippen molar-refractivity contribution in [2.24, 2.45) is 0 Å². The van der Waals surface area contributed by atoms with E-state index < -0.39 is 19.9 Å². The van der Waals surface area contributed by atoms with Gasteiger partial charge in [0, 0.05) is 13.1 Å². The van der Waals surface area contributed by atoms with Crippen molar-refractivity contribution in [3.8, 4) is 0 Å². The molecule has 0 aromatic heterocycles. The topological polar surface area (TPSA) is 83.6 Å². The number of hydrogen-bond acceptors (Lipinski definition) is 5. The number of nitrogens with one attached hydrogen (secondary N) is 1. The molecule has 1 heterocycles. The maximum Gasteiger partial charge on any atom is 0.214 e. The summed E-state index contributed by atoms with van der Waals surface area (Å²) in [5.41, 5.74) is 0. The highest BCUT2D eigenvalue weighted by atomic mass is 32.2. The monoisotopic (exact) mass is 284 g/mol. The standard InChI is InChI=1S/C9H20N2O4S2/c1-2-10-4-3-7-17(14,15)11-5-8-16(12,13)9-6-11/h10H,2-9H2,1H3. The lowest BCUT2D eigenvalue weighted by Crippen LogP contribution is -2.44. The van der Waals surface area contributed by atoms with Crippen LogP contribution in [-0.4, -0.2) is 64.6 Å². The van der Waals surface area contributed by atoms with Crippen LogP contribution in [0.5, 0.6) is 0 Å². The van der Waals surface area contributed by atoms with E-state index in [-0.39, 0.29) is 30.3 Å². The average molecular weight is 284 g/mol. The Hall–Kier alpha value is -0.180. The van der Waals surface area contributed by atoms with Crippen LogP contribution in [0, 0.1) is 0 Å². The van der Waals surface area contributed by atoms with Crippen LogP contribution in [0.25, 0.3) is 0 Å². The first-order valence-electron chi connectivity index (χ1n) is 5.76. The van der Waals surface area contributed by atoms with Crippen LogP contribution in [0.4, 0.5) is 0 Å². The SMILES string of the molecule is CCNCCCS(=O)(=O)N1CCS(=O)(=O)CC1. The number of hydrogen-bond donors (Lipinski definition) is 1. The van der Waals surface area contributed by atoms with Gasteiger partial charge in [-0.2, -0.15) is 4.31 Å². The van der Waals surface area contributed by atoms with Gasteiger partial charge in [0.25, 0.3) is 0 Å². The van der Waals surface area contributed by atoms with Crippen molar-refractivity contribution in [2.75, 3.05) is 43.4 Å². The Morgan fingerprint density at radius 2 is 1.82 bits per heavy atom. The second-order valence-electron chi connectivity index (χ2n) is 4.07. The van der Waals surface area contributed by atoms with Crippen LogP contribution < -0.4 is 5.32 Å². The Kier molecular flexibility index (Phi) is 5.36. The molecule has 8 heteroatoms. The lowest BCUT2D eigenvalue weighted by Gasteiger charge is -2.25. The molecule has 1 rings (SSSR count). The first-order chi connectivity index (χ1) is 7.87. The van der Waals surface area contributed by atoms with Gasteiger partial charge < -0.3 is 5.32 Å². The summed E-state index contributed by atoms with van der Waals surface area (Å²) in [6, 6.07) is 0. The Bertz CT molecular complexity index is 416. The van der Waals surface area contributed by atoms with Gasteiger partial charge in [-0.1, -0.05) is 6.92 Å². The van der Waals surface area contributed by atoms with E-state index in [0.29, 0.717) is 13.0 Å². The fourth-order valence-electron chi connectivity index (χ4n) is 1.66. The molecule has 0 radical (unpaired) electrons. The van der Waals surface area contributed by atoms with E-state index in [1.807, 2.05) is 6.92 Å². The third-order valence-electron chi connectivity index (χ3n) is 2.70. The number of rotatable bonds is 6. The van der Waals surface area contributed by atoms with Gasteiger partial charge >= 0.3 is 0 Å². The number of sulfone groups is 1. The van der Waals surface area contributed by atoms with Gasteiger partial charge in [-0.15, -0.1) is 0 Å². The van der Waals surface area contributed by atoms with Crippen molar-refractivity contribution < 1.29 is 16.8 Å². The highest BCUT2D eigenvalue weighted by Crippen LogP contribution is 2.10. The molecule has 0 aromatic rings. The van der Waals surface area contributed by atoms with Crippen LogP contribution in [0.15, 0.2) is 0 Å². The molecule has 0 spiro atoms. The molecule has 0 saturated carbocycles. The van der Waals surface area contributed by atoms with Crippen molar-refractivity contribution in [2.45, 2.75) is 13.3 Å². The smallest absolute Gasteiger partial charge is 0.214 e. The largest absolute Gasteiger partial charge is 0.317 e. The summed E-state index contributed by atoms with van der Waals surface area (Å²) in [5.74, 6) is -0.0288. The summed E-state index contributed by atoms with van der Waals surface area (Å²) in [4.78, 5) is 0. The summed E-state index contributed by atoms with van der Waals surface area (Å²) in [7, 11) is -6.31. The molecular weight excluding hydrogens is 264 g/mol. The summed E-state index contributed by atoms with van der Waals surface area (Å²) in [5, 5.41) is 3.06. The van der Waals surface area contributed by atoms with Gasteiger partial charge in [-0.3, -0.25) is 0 Å². The number of sulfonamides is 1. The van der Waals surface area contributed by atoms with E-state index in [0.717, 1.165) is 6.54 Å². The van der Waals surface area contributed by atoms with Gasteiger partial charge in [0.05, 0.1) is 17.3 Å². The third-order valence-corrected chi connectivity index (χ3v) is 6.27. The molecule has 1 saturated heterocycles. The van der Waals surface area contributed by atoms with Crippen LogP contribution >= 0.6 is 0 Å². The second-order valence-corrected chi connectivity index (χ2v) is 8.47. The lowest BCUT2D eigenvalue weighted by atomic mass is 10.5. The Morgan fingerprint density at radius 1 is 1.24 bits per heavy atom. The fraction of sp³-hybridized carbons (Fsp3) is 1.00. The predicted octanol–water partition coefficient (Wildman–Crippen LogP) is -0.954. The summed E-state index contributed by atoms with van der Waals surface area (Å²) in [6.07, 6.45) is 0.555. The summed E-state index contributed by atoms with van der Waals surface area (Å²) < 4.78 is 47.4. The second kappa shape index (κ2) is 6.12. The quantitative estimate of drug-likeness (QED) is 0.636. The molecular formula is C9H20N2O4S2. The Balaban J connectivity index is 2.43. The third kappa shape index (κ3) is 4.90. The summed E-state index contributed by atoms with van der Waals surface area (Å²) in [6.45, 7) is 3.66. The summed E-state index contributed by atoms with van der Waals surface area (Å²) >= 11 is 0. The van der Waals surface area contributed by atoms with Gasteiger partial charge in [-0.05, 0) is 19.5 Å². The van der Waals surface area contributed by atoms with Gasteiger partial charge in [0.15, 0.2) is 9.84 Å². The van der Waals surface area contributed by atoms with Crippen LogP contribution in [0.1, 0.15) is 13.3 Å². The fourth-order valence-corrected chi connectivity index (χ4v) is 4.60. The first kappa shape index (κ1) is 14.9. The van der Waals surface area contributed by atoms with Gasteiger partial charge in [-0.25, -0.2) is 16.8 Å².